The second-order valence-electron chi connectivity index (χ2n) is 5.21. The summed E-state index contributed by atoms with van der Waals surface area (Å²) in [6, 6.07) is 15.6. The van der Waals surface area contributed by atoms with E-state index in [1.807, 2.05) is 42.5 Å². The van der Waals surface area contributed by atoms with Crippen molar-refractivity contribution in [3.63, 3.8) is 0 Å². The molecule has 0 bridgehead atoms. The Labute approximate surface area is 136 Å². The normalized spacial score (nSPS) is 13.7. The first-order valence-corrected chi connectivity index (χ1v) is 7.55. The maximum Gasteiger partial charge on any atom is 0.169 e. The molecule has 0 aliphatic carbocycles. The van der Waals surface area contributed by atoms with E-state index in [0.717, 1.165) is 23.6 Å². The van der Waals surface area contributed by atoms with Crippen molar-refractivity contribution in [2.45, 2.75) is 0 Å². The molecule has 118 valence electrons. The minimum Gasteiger partial charge on any atom is -0.493 e. The van der Waals surface area contributed by atoms with Crippen LogP contribution in [0.1, 0.15) is 0 Å². The number of nitrogens with two attached hydrogens (primary N) is 1. The third-order valence-corrected chi connectivity index (χ3v) is 3.64. The third kappa shape index (κ3) is 3.55. The lowest BCUT2D eigenvalue weighted by molar-refractivity contribution is 0.379. The number of hydrogen-bond donors (Lipinski definition) is 1. The molecular weight excluding hydrogens is 288 g/mol. The fraction of sp³-hybridized carbons (Fsp3) is 0.158. The van der Waals surface area contributed by atoms with E-state index in [0.29, 0.717) is 18.0 Å². The summed E-state index contributed by atoms with van der Waals surface area (Å²) in [4.78, 5) is 2.15. The van der Waals surface area contributed by atoms with Crippen molar-refractivity contribution in [1.82, 2.24) is 0 Å². The molecule has 4 nitrogen and oxygen atoms in total. The lowest BCUT2D eigenvalue weighted by atomic mass is 10.2. The number of hydrogen-bond acceptors (Lipinski definition) is 4. The van der Waals surface area contributed by atoms with Crippen molar-refractivity contribution in [3.05, 3.63) is 72.5 Å². The van der Waals surface area contributed by atoms with Crippen molar-refractivity contribution < 1.29 is 9.47 Å². The zero-order valence-electron chi connectivity index (χ0n) is 13.1. The zero-order valence-corrected chi connectivity index (χ0v) is 13.1. The minimum absolute atomic E-state index is 0.532. The van der Waals surface area contributed by atoms with Crippen LogP contribution in [0, 0.1) is 0 Å². The molecule has 0 spiro atoms. The van der Waals surface area contributed by atoms with Gasteiger partial charge in [0.25, 0.3) is 0 Å². The van der Waals surface area contributed by atoms with Crippen molar-refractivity contribution in [2.75, 3.05) is 25.1 Å². The number of ether oxygens (including phenoxy) is 2. The Balaban J connectivity index is 1.83. The molecule has 0 aromatic heterocycles. The van der Waals surface area contributed by atoms with Gasteiger partial charge in [-0.1, -0.05) is 30.4 Å². The minimum atomic E-state index is 0.532. The molecule has 3 rings (SSSR count). The highest BCUT2D eigenvalue weighted by atomic mass is 16.5. The van der Waals surface area contributed by atoms with Gasteiger partial charge in [0.2, 0.25) is 0 Å². The smallest absolute Gasteiger partial charge is 0.169 e. The van der Waals surface area contributed by atoms with Crippen LogP contribution in [0.5, 0.6) is 17.2 Å². The maximum absolute atomic E-state index is 5.97. The molecule has 0 saturated carbocycles. The number of anilines is 1. The molecule has 2 N–H and O–H groups in total. The van der Waals surface area contributed by atoms with Crippen LogP contribution in [0.25, 0.3) is 0 Å². The Morgan fingerprint density at radius 1 is 1.09 bits per heavy atom. The monoisotopic (exact) mass is 308 g/mol. The molecule has 0 saturated heterocycles. The first-order valence-electron chi connectivity index (χ1n) is 7.55. The lowest BCUT2D eigenvalue weighted by Crippen LogP contribution is -2.21. The van der Waals surface area contributed by atoms with Gasteiger partial charge < -0.3 is 20.1 Å². The van der Waals surface area contributed by atoms with Crippen molar-refractivity contribution in [3.8, 4) is 17.2 Å². The predicted octanol–water partition coefficient (Wildman–Crippen LogP) is 3.71. The Morgan fingerprint density at radius 2 is 1.91 bits per heavy atom. The molecular formula is C19H20N2O2. The molecule has 2 aromatic carbocycles. The number of benzene rings is 2. The van der Waals surface area contributed by atoms with Crippen molar-refractivity contribution in [2.24, 2.45) is 5.73 Å². The van der Waals surface area contributed by atoms with E-state index in [1.165, 1.54) is 0 Å². The molecule has 2 aromatic rings. The largest absolute Gasteiger partial charge is 0.493 e. The summed E-state index contributed by atoms with van der Waals surface area (Å²) in [5.74, 6) is 2.18. The van der Waals surface area contributed by atoms with Gasteiger partial charge in [0, 0.05) is 31.0 Å². The van der Waals surface area contributed by atoms with E-state index in [4.69, 9.17) is 15.2 Å². The van der Waals surface area contributed by atoms with Crippen LogP contribution >= 0.6 is 0 Å². The Bertz CT molecular complexity index is 738. The summed E-state index contributed by atoms with van der Waals surface area (Å²) in [5, 5.41) is 0. The Kier molecular flexibility index (Phi) is 4.64. The van der Waals surface area contributed by atoms with E-state index in [-0.39, 0.29) is 0 Å². The molecule has 4 heteroatoms. The van der Waals surface area contributed by atoms with Crippen LogP contribution in [0.15, 0.2) is 72.5 Å². The number of methoxy groups -OCH3 is 1. The van der Waals surface area contributed by atoms with E-state index in [9.17, 15) is 0 Å². The number of para-hydroxylation sites is 2. The number of nitrogens with zero attached hydrogens (tertiary/aromatic N) is 1. The second-order valence-corrected chi connectivity index (χ2v) is 5.21. The Hall–Kier alpha value is -2.72. The third-order valence-electron chi connectivity index (χ3n) is 3.64. The zero-order chi connectivity index (χ0) is 16.1. The molecule has 1 aliphatic heterocycles. The van der Waals surface area contributed by atoms with Gasteiger partial charge >= 0.3 is 0 Å². The number of rotatable bonds is 5. The highest BCUT2D eigenvalue weighted by Gasteiger charge is 2.09. The van der Waals surface area contributed by atoms with Gasteiger partial charge in [0.1, 0.15) is 5.75 Å². The molecule has 0 radical (unpaired) electrons. The van der Waals surface area contributed by atoms with Crippen LogP contribution in [0.4, 0.5) is 5.69 Å². The highest BCUT2D eigenvalue weighted by Crippen LogP contribution is 2.32. The maximum atomic E-state index is 5.97. The van der Waals surface area contributed by atoms with Crippen LogP contribution in [0.3, 0.4) is 0 Å². The quantitative estimate of drug-likeness (QED) is 0.915. The van der Waals surface area contributed by atoms with E-state index < -0.39 is 0 Å². The SMILES string of the molecule is COc1ccccc1Oc1cccc(N2C=C(CN)C=CC2)c1. The van der Waals surface area contributed by atoms with Crippen LogP contribution in [-0.4, -0.2) is 20.2 Å². The summed E-state index contributed by atoms with van der Waals surface area (Å²) < 4.78 is 11.3. The van der Waals surface area contributed by atoms with E-state index >= 15 is 0 Å². The topological polar surface area (TPSA) is 47.7 Å². The summed E-state index contributed by atoms with van der Waals surface area (Å²) in [6.45, 7) is 1.35. The summed E-state index contributed by atoms with van der Waals surface area (Å²) in [5.41, 5.74) is 7.89. The first kappa shape index (κ1) is 15.2. The van der Waals surface area contributed by atoms with Gasteiger partial charge in [-0.05, 0) is 29.8 Å². The first-order chi connectivity index (χ1) is 11.3. The van der Waals surface area contributed by atoms with Gasteiger partial charge in [-0.3, -0.25) is 0 Å². The van der Waals surface area contributed by atoms with Crippen LogP contribution in [0.2, 0.25) is 0 Å². The predicted molar refractivity (Wildman–Crippen MR) is 93.1 cm³/mol. The summed E-state index contributed by atoms with van der Waals surface area (Å²) in [7, 11) is 1.64. The lowest BCUT2D eigenvalue weighted by Gasteiger charge is -2.23. The van der Waals surface area contributed by atoms with E-state index in [1.54, 1.807) is 7.11 Å². The van der Waals surface area contributed by atoms with Crippen molar-refractivity contribution in [1.29, 1.82) is 0 Å². The fourth-order valence-corrected chi connectivity index (χ4v) is 2.47. The van der Waals surface area contributed by atoms with Gasteiger partial charge in [-0.15, -0.1) is 0 Å². The Morgan fingerprint density at radius 3 is 2.70 bits per heavy atom. The van der Waals surface area contributed by atoms with Crippen LogP contribution in [-0.2, 0) is 0 Å². The van der Waals surface area contributed by atoms with Crippen LogP contribution < -0.4 is 20.1 Å². The molecule has 23 heavy (non-hydrogen) atoms. The van der Waals surface area contributed by atoms with Gasteiger partial charge in [0.05, 0.1) is 7.11 Å². The summed E-state index contributed by atoms with van der Waals surface area (Å²) >= 11 is 0. The standard InChI is InChI=1S/C19H20N2O2/c1-22-18-9-2-3-10-19(18)23-17-8-4-7-16(12-17)21-11-5-6-15(13-20)14-21/h2-10,12,14H,11,13,20H2,1H3. The average molecular weight is 308 g/mol. The summed E-state index contributed by atoms with van der Waals surface area (Å²) in [6.07, 6.45) is 6.24. The molecule has 0 unspecified atom stereocenters. The molecule has 0 atom stereocenters. The average Bonchev–Trinajstić information content (AvgIpc) is 2.62. The molecule has 1 heterocycles. The molecule has 0 fully saturated rings. The van der Waals surface area contributed by atoms with Gasteiger partial charge in [-0.2, -0.15) is 0 Å². The highest BCUT2D eigenvalue weighted by molar-refractivity contribution is 5.56. The second kappa shape index (κ2) is 7.03. The van der Waals surface area contributed by atoms with Gasteiger partial charge in [-0.25, -0.2) is 0 Å². The molecule has 0 amide bonds. The van der Waals surface area contributed by atoms with E-state index in [2.05, 4.69) is 29.3 Å². The fourth-order valence-electron chi connectivity index (χ4n) is 2.47. The molecule has 1 aliphatic rings. The van der Waals surface area contributed by atoms with Gasteiger partial charge in [0.15, 0.2) is 11.5 Å². The van der Waals surface area contributed by atoms with Crippen molar-refractivity contribution >= 4 is 5.69 Å².